The van der Waals surface area contributed by atoms with Crippen molar-refractivity contribution < 1.29 is 19.4 Å². The Morgan fingerprint density at radius 3 is 2.62 bits per heavy atom. The fourth-order valence-electron chi connectivity index (χ4n) is 2.05. The molecule has 0 aliphatic carbocycles. The number of rotatable bonds is 5. The van der Waals surface area contributed by atoms with Gasteiger partial charge in [0, 0.05) is 7.11 Å². The van der Waals surface area contributed by atoms with E-state index < -0.39 is 11.9 Å². The molecule has 0 aromatic rings. The Kier molecular flexibility index (Phi) is 4.33. The minimum Gasteiger partial charge on any atom is -0.481 e. The normalized spacial score (nSPS) is 30.6. The van der Waals surface area contributed by atoms with Gasteiger partial charge in [-0.3, -0.25) is 4.79 Å². The summed E-state index contributed by atoms with van der Waals surface area (Å²) in [7, 11) is 1.57. The first kappa shape index (κ1) is 13.5. The maximum atomic E-state index is 11.1. The van der Waals surface area contributed by atoms with Crippen LogP contribution in [0.5, 0.6) is 0 Å². The highest BCUT2D eigenvalue weighted by Gasteiger charge is 2.45. The Bertz CT molecular complexity index is 249. The molecule has 94 valence electrons. The van der Waals surface area contributed by atoms with Crippen molar-refractivity contribution in [1.82, 2.24) is 0 Å². The Labute approximate surface area is 96.9 Å². The average Bonchev–Trinajstić information content (AvgIpc) is 2.63. The second-order valence-corrected chi connectivity index (χ2v) is 5.14. The van der Waals surface area contributed by atoms with E-state index in [9.17, 15) is 4.79 Å². The lowest BCUT2D eigenvalue weighted by Crippen LogP contribution is -2.30. The van der Waals surface area contributed by atoms with Crippen molar-refractivity contribution in [2.45, 2.75) is 45.8 Å². The van der Waals surface area contributed by atoms with Crippen molar-refractivity contribution in [1.29, 1.82) is 0 Å². The molecule has 4 heteroatoms. The number of ether oxygens (including phenoxy) is 2. The number of carboxylic acid groups (broad SMARTS) is 1. The highest BCUT2D eigenvalue weighted by Crippen LogP contribution is 2.39. The fourth-order valence-corrected chi connectivity index (χ4v) is 2.05. The topological polar surface area (TPSA) is 55.8 Å². The quantitative estimate of drug-likeness (QED) is 0.784. The lowest BCUT2D eigenvalue weighted by molar-refractivity contribution is -0.145. The Morgan fingerprint density at radius 1 is 1.56 bits per heavy atom. The van der Waals surface area contributed by atoms with E-state index >= 15 is 0 Å². The molecule has 1 aliphatic heterocycles. The Morgan fingerprint density at radius 2 is 2.19 bits per heavy atom. The predicted molar refractivity (Wildman–Crippen MR) is 60.4 cm³/mol. The SMILES string of the molecule is CCC(C)(C)C1CC(C(=O)O)C(COC)O1. The molecule has 1 fully saturated rings. The van der Waals surface area contributed by atoms with Gasteiger partial charge in [0.05, 0.1) is 24.7 Å². The number of methoxy groups -OCH3 is 1. The standard InChI is InChI=1S/C12H22O4/c1-5-12(2,3)10-6-8(11(13)14)9(16-10)7-15-4/h8-10H,5-7H2,1-4H3,(H,13,14). The van der Waals surface area contributed by atoms with E-state index in [4.69, 9.17) is 14.6 Å². The molecule has 0 aromatic heterocycles. The third kappa shape index (κ3) is 2.74. The minimum absolute atomic E-state index is 0.0127. The van der Waals surface area contributed by atoms with Crippen molar-refractivity contribution in [2.75, 3.05) is 13.7 Å². The van der Waals surface area contributed by atoms with Crippen molar-refractivity contribution in [3.63, 3.8) is 0 Å². The van der Waals surface area contributed by atoms with Crippen LogP contribution < -0.4 is 0 Å². The molecule has 3 unspecified atom stereocenters. The van der Waals surface area contributed by atoms with Crippen LogP contribution in [0.1, 0.15) is 33.6 Å². The highest BCUT2D eigenvalue weighted by atomic mass is 16.5. The van der Waals surface area contributed by atoms with E-state index in [1.54, 1.807) is 7.11 Å². The van der Waals surface area contributed by atoms with Gasteiger partial charge in [0.25, 0.3) is 0 Å². The lowest BCUT2D eigenvalue weighted by atomic mass is 9.81. The van der Waals surface area contributed by atoms with Crippen LogP contribution in [0.2, 0.25) is 0 Å². The van der Waals surface area contributed by atoms with Crippen LogP contribution in [-0.2, 0) is 14.3 Å². The molecule has 1 aliphatic rings. The molecule has 0 radical (unpaired) electrons. The number of hydrogen-bond donors (Lipinski definition) is 1. The molecule has 16 heavy (non-hydrogen) atoms. The van der Waals surface area contributed by atoms with Crippen molar-refractivity contribution in [2.24, 2.45) is 11.3 Å². The zero-order valence-corrected chi connectivity index (χ0v) is 10.5. The molecule has 0 saturated carbocycles. The van der Waals surface area contributed by atoms with Gasteiger partial charge in [-0.1, -0.05) is 20.8 Å². The summed E-state index contributed by atoms with van der Waals surface area (Å²) in [5.41, 5.74) is 0.0240. The van der Waals surface area contributed by atoms with Crippen LogP contribution in [0.4, 0.5) is 0 Å². The second kappa shape index (κ2) is 5.15. The van der Waals surface area contributed by atoms with E-state index in [1.807, 2.05) is 0 Å². The fraction of sp³-hybridized carbons (Fsp3) is 0.917. The average molecular weight is 230 g/mol. The van der Waals surface area contributed by atoms with E-state index in [2.05, 4.69) is 20.8 Å². The Hall–Kier alpha value is -0.610. The largest absolute Gasteiger partial charge is 0.481 e. The van der Waals surface area contributed by atoms with Gasteiger partial charge in [-0.2, -0.15) is 0 Å². The zero-order valence-electron chi connectivity index (χ0n) is 10.5. The monoisotopic (exact) mass is 230 g/mol. The first-order valence-corrected chi connectivity index (χ1v) is 5.79. The van der Waals surface area contributed by atoms with Gasteiger partial charge in [0.15, 0.2) is 0 Å². The predicted octanol–water partition coefficient (Wildman–Crippen LogP) is 1.93. The van der Waals surface area contributed by atoms with Crippen LogP contribution >= 0.6 is 0 Å². The summed E-state index contributed by atoms with van der Waals surface area (Å²) >= 11 is 0. The maximum Gasteiger partial charge on any atom is 0.309 e. The lowest BCUT2D eigenvalue weighted by Gasteiger charge is -2.30. The molecular weight excluding hydrogens is 208 g/mol. The zero-order chi connectivity index (χ0) is 12.3. The molecule has 3 atom stereocenters. The summed E-state index contributed by atoms with van der Waals surface area (Å²) in [4.78, 5) is 11.1. The van der Waals surface area contributed by atoms with Crippen molar-refractivity contribution >= 4 is 5.97 Å². The maximum absolute atomic E-state index is 11.1. The van der Waals surface area contributed by atoms with Gasteiger partial charge in [0.1, 0.15) is 0 Å². The molecule has 4 nitrogen and oxygen atoms in total. The summed E-state index contributed by atoms with van der Waals surface area (Å²) in [5.74, 6) is -1.22. The van der Waals surface area contributed by atoms with Crippen molar-refractivity contribution in [3.05, 3.63) is 0 Å². The Balaban J connectivity index is 2.72. The molecule has 1 N–H and O–H groups in total. The van der Waals surface area contributed by atoms with Gasteiger partial charge in [-0.05, 0) is 18.3 Å². The third-order valence-electron chi connectivity index (χ3n) is 3.69. The molecular formula is C12H22O4. The number of carboxylic acids is 1. The van der Waals surface area contributed by atoms with E-state index in [-0.39, 0.29) is 17.6 Å². The van der Waals surface area contributed by atoms with Crippen LogP contribution in [0.15, 0.2) is 0 Å². The minimum atomic E-state index is -0.781. The van der Waals surface area contributed by atoms with Crippen molar-refractivity contribution in [3.8, 4) is 0 Å². The van der Waals surface area contributed by atoms with Crippen LogP contribution in [-0.4, -0.2) is 37.0 Å². The molecule has 1 saturated heterocycles. The summed E-state index contributed by atoms with van der Waals surface area (Å²) in [6.45, 7) is 6.69. The van der Waals surface area contributed by atoms with Gasteiger partial charge in [0.2, 0.25) is 0 Å². The van der Waals surface area contributed by atoms with Gasteiger partial charge in [-0.15, -0.1) is 0 Å². The highest BCUT2D eigenvalue weighted by molar-refractivity contribution is 5.71. The summed E-state index contributed by atoms with van der Waals surface area (Å²) in [6.07, 6.45) is 1.27. The van der Waals surface area contributed by atoms with E-state index in [0.29, 0.717) is 13.0 Å². The van der Waals surface area contributed by atoms with E-state index in [0.717, 1.165) is 6.42 Å². The molecule has 1 heterocycles. The second-order valence-electron chi connectivity index (χ2n) is 5.14. The molecule has 0 amide bonds. The summed E-state index contributed by atoms with van der Waals surface area (Å²) in [6, 6.07) is 0. The summed E-state index contributed by atoms with van der Waals surface area (Å²) < 4.78 is 10.8. The number of aliphatic carboxylic acids is 1. The first-order chi connectivity index (χ1) is 7.42. The number of hydrogen-bond acceptors (Lipinski definition) is 3. The van der Waals surface area contributed by atoms with Crippen LogP contribution in [0.25, 0.3) is 0 Å². The van der Waals surface area contributed by atoms with E-state index in [1.165, 1.54) is 0 Å². The van der Waals surface area contributed by atoms with Gasteiger partial charge >= 0.3 is 5.97 Å². The third-order valence-corrected chi connectivity index (χ3v) is 3.69. The van der Waals surface area contributed by atoms with Gasteiger partial charge < -0.3 is 14.6 Å². The van der Waals surface area contributed by atoms with Crippen LogP contribution in [0.3, 0.4) is 0 Å². The molecule has 1 rings (SSSR count). The van der Waals surface area contributed by atoms with Crippen LogP contribution in [0, 0.1) is 11.3 Å². The smallest absolute Gasteiger partial charge is 0.309 e. The molecule has 0 bridgehead atoms. The molecule has 0 spiro atoms. The summed E-state index contributed by atoms with van der Waals surface area (Å²) in [5, 5.41) is 9.13. The molecule has 0 aromatic carbocycles. The number of carbonyl (C=O) groups is 1. The van der Waals surface area contributed by atoms with Gasteiger partial charge in [-0.25, -0.2) is 0 Å². The first-order valence-electron chi connectivity index (χ1n) is 5.79.